The van der Waals surface area contributed by atoms with Crippen LogP contribution in [0.1, 0.15) is 34.7 Å². The normalized spacial score (nSPS) is 14.1. The number of hydrogen-bond donors (Lipinski definition) is 0. The van der Waals surface area contributed by atoms with Gasteiger partial charge in [-0.3, -0.25) is 0 Å². The van der Waals surface area contributed by atoms with Crippen LogP contribution in [-0.2, 0) is 0 Å². The third kappa shape index (κ3) is 4.82. The van der Waals surface area contributed by atoms with E-state index in [1.807, 2.05) is 0 Å². The zero-order chi connectivity index (χ0) is 37.7. The smallest absolute Gasteiger partial charge is 0.0566 e. The molecule has 11 rings (SSSR count). The molecule has 0 radical (unpaired) electrons. The van der Waals surface area contributed by atoms with Gasteiger partial charge >= 0.3 is 0 Å². The van der Waals surface area contributed by atoms with Crippen LogP contribution in [0.3, 0.4) is 0 Å². The van der Waals surface area contributed by atoms with Gasteiger partial charge in [0, 0.05) is 38.3 Å². The third-order valence-electron chi connectivity index (χ3n) is 12.4. The molecule has 0 spiro atoms. The summed E-state index contributed by atoms with van der Waals surface area (Å²) in [5.74, 6) is 0. The van der Waals surface area contributed by atoms with Gasteiger partial charge in [0.05, 0.1) is 17.1 Å². The van der Waals surface area contributed by atoms with Crippen molar-refractivity contribution in [1.82, 2.24) is 9.13 Å². The van der Waals surface area contributed by atoms with E-state index in [0.717, 1.165) is 6.42 Å². The molecule has 0 bridgehead atoms. The second-order valence-electron chi connectivity index (χ2n) is 15.9. The highest BCUT2D eigenvalue weighted by molar-refractivity contribution is 6.12. The van der Waals surface area contributed by atoms with Crippen molar-refractivity contribution in [2.24, 2.45) is 0 Å². The lowest BCUT2D eigenvalue weighted by Gasteiger charge is -2.24. The number of hydrogen-bond acceptors (Lipinski definition) is 0. The summed E-state index contributed by atoms with van der Waals surface area (Å²) in [6.07, 6.45) is 6.05. The Kier molecular flexibility index (Phi) is 7.28. The van der Waals surface area contributed by atoms with E-state index in [-0.39, 0.29) is 6.04 Å². The van der Waals surface area contributed by atoms with Crippen molar-refractivity contribution >= 4 is 66.5 Å². The van der Waals surface area contributed by atoms with Crippen molar-refractivity contribution in [3.8, 4) is 27.9 Å². The molecule has 1 atom stereocenters. The molecule has 10 aromatic rings. The summed E-state index contributed by atoms with van der Waals surface area (Å²) in [5.41, 5.74) is 16.6. The lowest BCUT2D eigenvalue weighted by Crippen LogP contribution is -2.34. The largest absolute Gasteiger partial charge is 0.333 e. The summed E-state index contributed by atoms with van der Waals surface area (Å²) in [5, 5.41) is 10.4. The molecule has 1 aliphatic rings. The molecule has 0 N–H and O–H groups in total. The maximum absolute atomic E-state index is 2.59. The van der Waals surface area contributed by atoms with Crippen LogP contribution < -0.4 is 10.4 Å². The number of nitrogens with zero attached hydrogens (tertiary/aromatic N) is 2. The molecule has 2 heteroatoms. The molecule has 56 heavy (non-hydrogen) atoms. The summed E-state index contributed by atoms with van der Waals surface area (Å²) in [4.78, 5) is 0. The van der Waals surface area contributed by atoms with E-state index in [4.69, 9.17) is 0 Å². The highest BCUT2D eigenvalue weighted by Crippen LogP contribution is 2.40. The van der Waals surface area contributed by atoms with E-state index < -0.39 is 0 Å². The molecule has 0 saturated heterocycles. The standard InChI is InChI=1S/C54H42N2/c1-33-21-25-39(35(3)29-33)53-45-27-23-38(56-51-19-11-7-15-43(51)44-16-8-12-20-52(44)56)32-48(45)54(40-26-22-34(2)30-36(40)4)46-28-24-37(31-47(46)53)55-49-17-9-5-13-41(49)42-14-6-10-18-50(42)55/h5-23,25-32,37H,24H2,1-4H3. The van der Waals surface area contributed by atoms with Crippen molar-refractivity contribution in [3.05, 3.63) is 184 Å². The Morgan fingerprint density at radius 1 is 0.429 bits per heavy atom. The van der Waals surface area contributed by atoms with Gasteiger partial charge in [-0.05, 0) is 125 Å². The second kappa shape index (κ2) is 12.4. The van der Waals surface area contributed by atoms with Crippen LogP contribution in [0.5, 0.6) is 0 Å². The molecule has 2 nitrogen and oxygen atoms in total. The number of aromatic nitrogens is 2. The van der Waals surface area contributed by atoms with Crippen LogP contribution >= 0.6 is 0 Å². The first-order valence-electron chi connectivity index (χ1n) is 19.9. The lowest BCUT2D eigenvalue weighted by atomic mass is 9.83. The van der Waals surface area contributed by atoms with E-state index in [1.54, 1.807) is 0 Å². The van der Waals surface area contributed by atoms with Crippen LogP contribution in [0.4, 0.5) is 0 Å². The third-order valence-corrected chi connectivity index (χ3v) is 12.4. The molecule has 8 aromatic carbocycles. The van der Waals surface area contributed by atoms with Gasteiger partial charge in [0.2, 0.25) is 0 Å². The first kappa shape index (κ1) is 32.8. The fraction of sp³-hybridized carbons (Fsp3) is 0.111. The molecule has 2 aromatic heterocycles. The molecule has 1 aliphatic carbocycles. The molecule has 0 saturated carbocycles. The minimum absolute atomic E-state index is 0.151. The van der Waals surface area contributed by atoms with Gasteiger partial charge < -0.3 is 9.13 Å². The Labute approximate surface area is 326 Å². The summed E-state index contributed by atoms with van der Waals surface area (Å²) < 4.78 is 5.04. The highest BCUT2D eigenvalue weighted by Gasteiger charge is 2.24. The van der Waals surface area contributed by atoms with Gasteiger partial charge in [-0.15, -0.1) is 0 Å². The van der Waals surface area contributed by atoms with Crippen molar-refractivity contribution in [1.29, 1.82) is 0 Å². The monoisotopic (exact) mass is 718 g/mol. The van der Waals surface area contributed by atoms with Gasteiger partial charge in [-0.2, -0.15) is 0 Å². The first-order chi connectivity index (χ1) is 27.4. The summed E-state index contributed by atoms with van der Waals surface area (Å²) in [6, 6.07) is 56.8. The van der Waals surface area contributed by atoms with Crippen molar-refractivity contribution in [2.45, 2.75) is 40.2 Å². The van der Waals surface area contributed by atoms with Gasteiger partial charge in [0.1, 0.15) is 0 Å². The second-order valence-corrected chi connectivity index (χ2v) is 15.9. The van der Waals surface area contributed by atoms with Crippen LogP contribution in [-0.4, -0.2) is 9.13 Å². The van der Waals surface area contributed by atoms with E-state index in [1.165, 1.54) is 115 Å². The van der Waals surface area contributed by atoms with E-state index >= 15 is 0 Å². The average molecular weight is 719 g/mol. The average Bonchev–Trinajstić information content (AvgIpc) is 3.74. The molecule has 1 unspecified atom stereocenters. The van der Waals surface area contributed by atoms with Gasteiger partial charge in [-0.25, -0.2) is 0 Å². The lowest BCUT2D eigenvalue weighted by molar-refractivity contribution is 0.695. The van der Waals surface area contributed by atoms with Crippen LogP contribution in [0.25, 0.3) is 94.5 Å². The molecule has 268 valence electrons. The molecule has 0 fully saturated rings. The number of para-hydroxylation sites is 4. The van der Waals surface area contributed by atoms with Crippen molar-refractivity contribution < 1.29 is 0 Å². The predicted molar refractivity (Wildman–Crippen MR) is 239 cm³/mol. The van der Waals surface area contributed by atoms with Crippen LogP contribution in [0.15, 0.2) is 152 Å². The Morgan fingerprint density at radius 3 is 1.45 bits per heavy atom. The Balaban J connectivity index is 1.29. The zero-order valence-corrected chi connectivity index (χ0v) is 32.3. The number of rotatable bonds is 4. The zero-order valence-electron chi connectivity index (χ0n) is 32.3. The summed E-state index contributed by atoms with van der Waals surface area (Å²) >= 11 is 0. The van der Waals surface area contributed by atoms with E-state index in [2.05, 4.69) is 201 Å². The Hall–Kier alpha value is -6.64. The SMILES string of the molecule is Cc1ccc(-c2c3c(c(-c4ccc(C)cc4C)c4cc(-n5c6ccccc6c6ccccc65)ccc24)=CCC(n2c4ccccc4c4ccccc42)C=3)c(C)c1. The summed E-state index contributed by atoms with van der Waals surface area (Å²) in [7, 11) is 0. The predicted octanol–water partition coefficient (Wildman–Crippen LogP) is 12.8. The van der Waals surface area contributed by atoms with Crippen LogP contribution in [0.2, 0.25) is 0 Å². The van der Waals surface area contributed by atoms with Crippen molar-refractivity contribution in [2.75, 3.05) is 0 Å². The molecule has 0 amide bonds. The Morgan fingerprint density at radius 2 is 0.911 bits per heavy atom. The fourth-order valence-corrected chi connectivity index (χ4v) is 10.00. The van der Waals surface area contributed by atoms with Crippen LogP contribution in [0, 0.1) is 27.7 Å². The topological polar surface area (TPSA) is 9.86 Å². The van der Waals surface area contributed by atoms with Crippen molar-refractivity contribution in [3.63, 3.8) is 0 Å². The van der Waals surface area contributed by atoms with Gasteiger partial charge in [0.15, 0.2) is 0 Å². The molecular formula is C54H42N2. The summed E-state index contributed by atoms with van der Waals surface area (Å²) in [6.45, 7) is 8.96. The molecule has 2 heterocycles. The molecule has 0 aliphatic heterocycles. The number of aryl methyl sites for hydroxylation is 4. The van der Waals surface area contributed by atoms with Gasteiger partial charge in [-0.1, -0.05) is 139 Å². The van der Waals surface area contributed by atoms with E-state index in [9.17, 15) is 0 Å². The quantitative estimate of drug-likeness (QED) is 0.171. The number of fused-ring (bicyclic) bond motifs is 8. The maximum Gasteiger partial charge on any atom is 0.0566 e. The Bertz CT molecular complexity index is 3280. The molecular weight excluding hydrogens is 677 g/mol. The number of benzene rings is 8. The maximum atomic E-state index is 2.59. The highest BCUT2D eigenvalue weighted by atomic mass is 15.0. The minimum Gasteiger partial charge on any atom is -0.333 e. The van der Waals surface area contributed by atoms with E-state index in [0.29, 0.717) is 0 Å². The first-order valence-corrected chi connectivity index (χ1v) is 19.9. The fourth-order valence-electron chi connectivity index (χ4n) is 10.00. The van der Waals surface area contributed by atoms with Gasteiger partial charge in [0.25, 0.3) is 0 Å². The minimum atomic E-state index is 0.151.